The zero-order valence-corrected chi connectivity index (χ0v) is 13.0. The summed E-state index contributed by atoms with van der Waals surface area (Å²) in [7, 11) is 0. The van der Waals surface area contributed by atoms with Crippen molar-refractivity contribution in [3.8, 4) is 0 Å². The first-order chi connectivity index (χ1) is 9.50. The summed E-state index contributed by atoms with van der Waals surface area (Å²) < 4.78 is 37.8. The van der Waals surface area contributed by atoms with Gasteiger partial charge in [0.15, 0.2) is 5.01 Å². The van der Waals surface area contributed by atoms with Gasteiger partial charge in [0.2, 0.25) is 0 Å². The van der Waals surface area contributed by atoms with E-state index >= 15 is 0 Å². The molecule has 1 aliphatic carbocycles. The third-order valence-corrected chi connectivity index (χ3v) is 5.99. The Morgan fingerprint density at radius 1 is 1.45 bits per heavy atom. The molecule has 1 aromatic heterocycles. The molecule has 1 atom stereocenters. The first kappa shape index (κ1) is 16.1. The zero-order valence-electron chi connectivity index (χ0n) is 11.4. The minimum absolute atomic E-state index is 0.0285. The van der Waals surface area contributed by atoms with Gasteiger partial charge in [-0.25, -0.2) is 4.98 Å². The highest BCUT2D eigenvalue weighted by Crippen LogP contribution is 2.36. The summed E-state index contributed by atoms with van der Waals surface area (Å²) in [5, 5.41) is 3.19. The van der Waals surface area contributed by atoms with Crippen LogP contribution in [0, 0.1) is 0 Å². The van der Waals surface area contributed by atoms with Crippen molar-refractivity contribution in [1.29, 1.82) is 0 Å². The van der Waals surface area contributed by atoms with E-state index in [2.05, 4.69) is 10.3 Å². The maximum Gasteiger partial charge on any atom is 0.443 e. The maximum absolute atomic E-state index is 12.6. The van der Waals surface area contributed by atoms with Gasteiger partial charge >= 0.3 is 6.18 Å². The fraction of sp³-hybridized carbons (Fsp3) is 0.769. The van der Waals surface area contributed by atoms with Crippen molar-refractivity contribution < 1.29 is 13.2 Å². The first-order valence-electron chi connectivity index (χ1n) is 6.88. The van der Waals surface area contributed by atoms with Crippen molar-refractivity contribution in [2.45, 2.75) is 50.1 Å². The van der Waals surface area contributed by atoms with E-state index in [-0.39, 0.29) is 6.04 Å². The average molecular weight is 324 g/mol. The molecule has 1 fully saturated rings. The van der Waals surface area contributed by atoms with E-state index in [1.54, 1.807) is 0 Å². The van der Waals surface area contributed by atoms with E-state index in [1.165, 1.54) is 31.9 Å². The average Bonchev–Trinajstić information content (AvgIpc) is 3.04. The molecule has 1 aromatic rings. The summed E-state index contributed by atoms with van der Waals surface area (Å²) in [5.41, 5.74) is 0. The van der Waals surface area contributed by atoms with Crippen LogP contribution in [0.2, 0.25) is 0 Å². The number of aromatic nitrogens is 1. The van der Waals surface area contributed by atoms with E-state index in [4.69, 9.17) is 0 Å². The van der Waals surface area contributed by atoms with Crippen LogP contribution in [0.4, 0.5) is 13.2 Å². The molecule has 1 N–H and O–H groups in total. The molecule has 0 radical (unpaired) electrons. The van der Waals surface area contributed by atoms with Gasteiger partial charge in [-0.1, -0.05) is 19.8 Å². The van der Waals surface area contributed by atoms with Crippen molar-refractivity contribution in [1.82, 2.24) is 10.3 Å². The zero-order chi connectivity index (χ0) is 14.6. The highest BCUT2D eigenvalue weighted by Gasteiger charge is 2.35. The number of nitrogens with one attached hydrogen (secondary N) is 1. The number of nitrogens with zero attached hydrogens (tertiary/aromatic N) is 1. The van der Waals surface area contributed by atoms with Crippen LogP contribution in [0.25, 0.3) is 0 Å². The summed E-state index contributed by atoms with van der Waals surface area (Å²) in [5.74, 6) is 0.817. The van der Waals surface area contributed by atoms with Crippen molar-refractivity contribution in [3.63, 3.8) is 0 Å². The van der Waals surface area contributed by atoms with Crippen LogP contribution >= 0.6 is 23.1 Å². The van der Waals surface area contributed by atoms with E-state index in [1.807, 2.05) is 18.7 Å². The molecule has 2 rings (SSSR count). The normalized spacial score (nSPS) is 18.6. The van der Waals surface area contributed by atoms with Crippen LogP contribution in [-0.4, -0.2) is 22.5 Å². The Kier molecular flexibility index (Phi) is 5.74. The number of halogens is 3. The third kappa shape index (κ3) is 4.36. The second-order valence-electron chi connectivity index (χ2n) is 4.92. The molecule has 1 unspecified atom stereocenters. The van der Waals surface area contributed by atoms with Gasteiger partial charge in [-0.05, 0) is 19.4 Å². The quantitative estimate of drug-likeness (QED) is 0.834. The Balaban J connectivity index is 1.97. The SMILES string of the molecule is CCNC(CSC1CCCC1)c1cnc(C(F)(F)F)s1. The largest absolute Gasteiger partial charge is 0.443 e. The Labute approximate surface area is 125 Å². The Morgan fingerprint density at radius 3 is 2.70 bits per heavy atom. The van der Waals surface area contributed by atoms with E-state index in [0.29, 0.717) is 10.1 Å². The highest BCUT2D eigenvalue weighted by molar-refractivity contribution is 7.99. The molecule has 20 heavy (non-hydrogen) atoms. The molecular weight excluding hydrogens is 305 g/mol. The minimum atomic E-state index is -4.34. The lowest BCUT2D eigenvalue weighted by molar-refractivity contribution is -0.137. The Hall–Kier alpha value is -0.270. The van der Waals surface area contributed by atoms with Gasteiger partial charge < -0.3 is 5.32 Å². The van der Waals surface area contributed by atoms with Crippen LogP contribution in [0.1, 0.15) is 48.5 Å². The Morgan fingerprint density at radius 2 is 2.15 bits per heavy atom. The van der Waals surface area contributed by atoms with E-state index < -0.39 is 11.2 Å². The number of alkyl halides is 3. The van der Waals surface area contributed by atoms with Crippen molar-refractivity contribution in [2.75, 3.05) is 12.3 Å². The number of rotatable bonds is 6. The first-order valence-corrected chi connectivity index (χ1v) is 8.75. The molecule has 7 heteroatoms. The molecule has 1 saturated carbocycles. The van der Waals surface area contributed by atoms with Crippen molar-refractivity contribution in [2.24, 2.45) is 0 Å². The third-order valence-electron chi connectivity index (χ3n) is 3.36. The smallest absolute Gasteiger partial charge is 0.309 e. The van der Waals surface area contributed by atoms with Gasteiger partial charge in [-0.2, -0.15) is 24.9 Å². The standard InChI is InChI=1S/C13H19F3N2S2/c1-2-17-10(8-19-9-5-3-4-6-9)11-7-18-12(20-11)13(14,15)16/h7,9-10,17H,2-6,8H2,1H3. The van der Waals surface area contributed by atoms with Crippen molar-refractivity contribution >= 4 is 23.1 Å². The monoisotopic (exact) mass is 324 g/mol. The van der Waals surface area contributed by atoms with E-state index in [9.17, 15) is 13.2 Å². The van der Waals surface area contributed by atoms with E-state index in [0.717, 1.165) is 23.6 Å². The van der Waals surface area contributed by atoms with Gasteiger partial charge in [0.1, 0.15) is 0 Å². The lowest BCUT2D eigenvalue weighted by atomic mass is 10.3. The van der Waals surface area contributed by atoms with Gasteiger partial charge in [-0.15, -0.1) is 11.3 Å². The van der Waals surface area contributed by atoms with Crippen LogP contribution in [-0.2, 0) is 6.18 Å². The van der Waals surface area contributed by atoms with Gasteiger partial charge in [0.25, 0.3) is 0 Å². The summed E-state index contributed by atoms with van der Waals surface area (Å²) in [4.78, 5) is 4.20. The van der Waals surface area contributed by atoms with Crippen LogP contribution in [0.15, 0.2) is 6.20 Å². The number of hydrogen-bond donors (Lipinski definition) is 1. The predicted molar refractivity (Wildman–Crippen MR) is 78.2 cm³/mol. The highest BCUT2D eigenvalue weighted by atomic mass is 32.2. The molecule has 0 aromatic carbocycles. The molecule has 2 nitrogen and oxygen atoms in total. The molecule has 1 heterocycles. The summed E-state index contributed by atoms with van der Waals surface area (Å²) in [6.45, 7) is 2.72. The van der Waals surface area contributed by atoms with Gasteiger partial charge in [0.05, 0.1) is 6.04 Å². The predicted octanol–water partition coefficient (Wildman–Crippen LogP) is 4.49. The number of thiazole rings is 1. The number of hydrogen-bond acceptors (Lipinski definition) is 4. The summed E-state index contributed by atoms with van der Waals surface area (Å²) in [6, 6.07) is -0.0285. The minimum Gasteiger partial charge on any atom is -0.309 e. The molecule has 0 bridgehead atoms. The Bertz CT molecular complexity index is 414. The van der Waals surface area contributed by atoms with Gasteiger partial charge in [0, 0.05) is 22.1 Å². The molecule has 0 amide bonds. The fourth-order valence-electron chi connectivity index (χ4n) is 2.35. The van der Waals surface area contributed by atoms with Crippen molar-refractivity contribution in [3.05, 3.63) is 16.1 Å². The van der Waals surface area contributed by atoms with Crippen LogP contribution < -0.4 is 5.32 Å². The molecule has 114 valence electrons. The second kappa shape index (κ2) is 7.13. The second-order valence-corrected chi connectivity index (χ2v) is 7.31. The molecule has 1 aliphatic rings. The molecule has 0 spiro atoms. The topological polar surface area (TPSA) is 24.9 Å². The summed E-state index contributed by atoms with van der Waals surface area (Å²) >= 11 is 2.64. The number of thioether (sulfide) groups is 1. The fourth-order valence-corrected chi connectivity index (χ4v) is 4.75. The van der Waals surface area contributed by atoms with Crippen LogP contribution in [0.5, 0.6) is 0 Å². The van der Waals surface area contributed by atoms with Gasteiger partial charge in [-0.3, -0.25) is 0 Å². The van der Waals surface area contributed by atoms with Crippen LogP contribution in [0.3, 0.4) is 0 Å². The lowest BCUT2D eigenvalue weighted by Gasteiger charge is -2.18. The molecule has 0 saturated heterocycles. The maximum atomic E-state index is 12.6. The molecular formula is C13H19F3N2S2. The summed E-state index contributed by atoms with van der Waals surface area (Å²) in [6.07, 6.45) is 2.07. The molecule has 0 aliphatic heterocycles. The lowest BCUT2D eigenvalue weighted by Crippen LogP contribution is -2.23.